The van der Waals surface area contributed by atoms with Crippen LogP contribution in [-0.4, -0.2) is 23.3 Å². The molecule has 0 N–H and O–H groups in total. The lowest BCUT2D eigenvalue weighted by molar-refractivity contribution is 0.0764. The molecular weight excluding hydrogens is 310 g/mol. The molecule has 1 aliphatic rings. The second-order valence-electron chi connectivity index (χ2n) is 5.11. The minimum Gasteiger partial charge on any atom is -0.291 e. The molecule has 2 unspecified atom stereocenters. The highest BCUT2D eigenvalue weighted by Gasteiger charge is 2.32. The van der Waals surface area contributed by atoms with Gasteiger partial charge in [-0.15, -0.1) is 22.7 Å². The molecule has 106 valence electrons. The SMILES string of the molecule is CC(C(=O)c1ccc(Cl)s1)N1CCc2sccc2C1C. The van der Waals surface area contributed by atoms with Gasteiger partial charge in [0, 0.05) is 17.5 Å². The fourth-order valence-electron chi connectivity index (χ4n) is 2.86. The number of hydrogen-bond donors (Lipinski definition) is 0. The van der Waals surface area contributed by atoms with Crippen LogP contribution in [0.25, 0.3) is 0 Å². The molecule has 0 spiro atoms. The third kappa shape index (κ3) is 2.46. The van der Waals surface area contributed by atoms with Crippen LogP contribution in [0.1, 0.15) is 40.0 Å². The van der Waals surface area contributed by atoms with E-state index < -0.39 is 0 Å². The van der Waals surface area contributed by atoms with Gasteiger partial charge >= 0.3 is 0 Å². The van der Waals surface area contributed by atoms with Crippen molar-refractivity contribution in [2.45, 2.75) is 32.4 Å². The van der Waals surface area contributed by atoms with Crippen molar-refractivity contribution in [1.82, 2.24) is 4.90 Å². The van der Waals surface area contributed by atoms with Crippen molar-refractivity contribution < 1.29 is 4.79 Å². The fraction of sp³-hybridized carbons (Fsp3) is 0.400. The van der Waals surface area contributed by atoms with E-state index in [-0.39, 0.29) is 11.8 Å². The maximum atomic E-state index is 12.6. The Morgan fingerprint density at radius 2 is 2.25 bits per heavy atom. The van der Waals surface area contributed by atoms with Gasteiger partial charge in [-0.3, -0.25) is 9.69 Å². The molecule has 2 nitrogen and oxygen atoms in total. The molecule has 1 aliphatic heterocycles. The number of nitrogens with zero attached hydrogens (tertiary/aromatic N) is 1. The molecule has 0 fully saturated rings. The van der Waals surface area contributed by atoms with Gasteiger partial charge in [0.1, 0.15) is 0 Å². The van der Waals surface area contributed by atoms with Crippen LogP contribution in [-0.2, 0) is 6.42 Å². The predicted octanol–water partition coefficient (Wildman–Crippen LogP) is 4.65. The number of Topliss-reactive ketones (excluding diaryl/α,β-unsaturated/α-hetero) is 1. The molecule has 2 atom stereocenters. The number of rotatable bonds is 3. The molecule has 3 heterocycles. The van der Waals surface area contributed by atoms with E-state index in [1.807, 2.05) is 24.3 Å². The summed E-state index contributed by atoms with van der Waals surface area (Å²) in [5.74, 6) is 0.174. The minimum absolute atomic E-state index is 0.104. The molecule has 0 aromatic carbocycles. The molecule has 2 aromatic heterocycles. The van der Waals surface area contributed by atoms with Crippen molar-refractivity contribution in [3.8, 4) is 0 Å². The van der Waals surface area contributed by atoms with E-state index >= 15 is 0 Å². The molecule has 0 amide bonds. The van der Waals surface area contributed by atoms with Crippen molar-refractivity contribution in [3.63, 3.8) is 0 Å². The first-order valence-corrected chi connectivity index (χ1v) is 8.77. The van der Waals surface area contributed by atoms with E-state index in [4.69, 9.17) is 11.6 Å². The average molecular weight is 326 g/mol. The van der Waals surface area contributed by atoms with Crippen LogP contribution in [0, 0.1) is 0 Å². The number of fused-ring (bicyclic) bond motifs is 1. The summed E-state index contributed by atoms with van der Waals surface area (Å²) in [7, 11) is 0. The van der Waals surface area contributed by atoms with Crippen LogP contribution >= 0.6 is 34.3 Å². The third-order valence-electron chi connectivity index (χ3n) is 4.02. The monoisotopic (exact) mass is 325 g/mol. The zero-order chi connectivity index (χ0) is 14.3. The van der Waals surface area contributed by atoms with Gasteiger partial charge in [-0.05, 0) is 49.4 Å². The first-order valence-electron chi connectivity index (χ1n) is 6.69. The van der Waals surface area contributed by atoms with Gasteiger partial charge in [-0.1, -0.05) is 11.6 Å². The Morgan fingerprint density at radius 1 is 1.45 bits per heavy atom. The fourth-order valence-corrected chi connectivity index (χ4v) is 4.89. The molecule has 3 rings (SSSR count). The second-order valence-corrected chi connectivity index (χ2v) is 7.82. The Kier molecular flexibility index (Phi) is 4.00. The van der Waals surface area contributed by atoms with Gasteiger partial charge in [0.2, 0.25) is 0 Å². The Hall–Kier alpha value is -0.680. The highest BCUT2D eigenvalue weighted by Crippen LogP contribution is 2.35. The molecule has 0 saturated carbocycles. The molecule has 5 heteroatoms. The van der Waals surface area contributed by atoms with Crippen molar-refractivity contribution in [2.24, 2.45) is 0 Å². The van der Waals surface area contributed by atoms with E-state index in [2.05, 4.69) is 23.3 Å². The highest BCUT2D eigenvalue weighted by molar-refractivity contribution is 7.18. The van der Waals surface area contributed by atoms with E-state index in [1.165, 1.54) is 21.8 Å². The summed E-state index contributed by atoms with van der Waals surface area (Å²) in [6, 6.07) is 6.02. The number of hydrogen-bond acceptors (Lipinski definition) is 4. The lowest BCUT2D eigenvalue weighted by atomic mass is 9.98. The molecule has 0 aliphatic carbocycles. The normalized spacial score (nSPS) is 20.6. The number of carbonyl (C=O) groups excluding carboxylic acids is 1. The summed E-state index contributed by atoms with van der Waals surface area (Å²) in [4.78, 5) is 17.1. The van der Waals surface area contributed by atoms with E-state index in [9.17, 15) is 4.79 Å². The molecule has 0 bridgehead atoms. The second kappa shape index (κ2) is 5.60. The number of halogens is 1. The zero-order valence-electron chi connectivity index (χ0n) is 11.4. The topological polar surface area (TPSA) is 20.3 Å². The van der Waals surface area contributed by atoms with Crippen molar-refractivity contribution in [2.75, 3.05) is 6.54 Å². The molecule has 20 heavy (non-hydrogen) atoms. The Balaban J connectivity index is 1.81. The minimum atomic E-state index is -0.104. The lowest BCUT2D eigenvalue weighted by Gasteiger charge is -2.37. The summed E-state index contributed by atoms with van der Waals surface area (Å²) in [6.07, 6.45) is 1.04. The summed E-state index contributed by atoms with van der Waals surface area (Å²) >= 11 is 9.12. The van der Waals surface area contributed by atoms with Crippen LogP contribution in [0.3, 0.4) is 0 Å². The van der Waals surface area contributed by atoms with Crippen LogP contribution in [0.15, 0.2) is 23.6 Å². The van der Waals surface area contributed by atoms with Gasteiger partial charge in [0.15, 0.2) is 5.78 Å². The van der Waals surface area contributed by atoms with E-state index in [0.717, 1.165) is 17.8 Å². The Bertz CT molecular complexity index is 633. The summed E-state index contributed by atoms with van der Waals surface area (Å²) in [5, 5.41) is 2.15. The van der Waals surface area contributed by atoms with Gasteiger partial charge in [-0.2, -0.15) is 0 Å². The first kappa shape index (κ1) is 14.3. The zero-order valence-corrected chi connectivity index (χ0v) is 13.8. The van der Waals surface area contributed by atoms with Gasteiger partial charge < -0.3 is 0 Å². The number of ketones is 1. The van der Waals surface area contributed by atoms with Gasteiger partial charge in [-0.25, -0.2) is 0 Å². The van der Waals surface area contributed by atoms with Crippen LogP contribution in [0.2, 0.25) is 4.34 Å². The summed E-state index contributed by atoms with van der Waals surface area (Å²) < 4.78 is 0.673. The van der Waals surface area contributed by atoms with Crippen LogP contribution < -0.4 is 0 Å². The molecular formula is C15H16ClNOS2. The van der Waals surface area contributed by atoms with E-state index in [0.29, 0.717) is 10.4 Å². The van der Waals surface area contributed by atoms with Crippen molar-refractivity contribution in [3.05, 3.63) is 43.2 Å². The van der Waals surface area contributed by atoms with Gasteiger partial charge in [0.05, 0.1) is 15.3 Å². The standard InChI is InChI=1S/C15H16ClNOS2/c1-9-11-6-8-19-12(11)5-7-17(9)10(2)15(18)13-3-4-14(16)20-13/h3-4,6,8-10H,5,7H2,1-2H3. The smallest absolute Gasteiger partial charge is 0.189 e. The highest BCUT2D eigenvalue weighted by atomic mass is 35.5. The largest absolute Gasteiger partial charge is 0.291 e. The van der Waals surface area contributed by atoms with Crippen LogP contribution in [0.4, 0.5) is 0 Å². The maximum Gasteiger partial charge on any atom is 0.189 e. The lowest BCUT2D eigenvalue weighted by Crippen LogP contribution is -2.43. The quantitative estimate of drug-likeness (QED) is 0.765. The Morgan fingerprint density at radius 3 is 2.95 bits per heavy atom. The average Bonchev–Trinajstić information content (AvgIpc) is 3.06. The van der Waals surface area contributed by atoms with Gasteiger partial charge in [0.25, 0.3) is 0 Å². The molecule has 2 aromatic rings. The van der Waals surface area contributed by atoms with E-state index in [1.54, 1.807) is 6.07 Å². The van der Waals surface area contributed by atoms with Crippen molar-refractivity contribution in [1.29, 1.82) is 0 Å². The number of thiophene rings is 2. The maximum absolute atomic E-state index is 12.6. The first-order chi connectivity index (χ1) is 9.58. The number of carbonyl (C=O) groups is 1. The Labute approximate surface area is 132 Å². The summed E-state index contributed by atoms with van der Waals surface area (Å²) in [5.41, 5.74) is 1.38. The molecule has 0 saturated heterocycles. The van der Waals surface area contributed by atoms with Crippen molar-refractivity contribution >= 4 is 40.1 Å². The summed E-state index contributed by atoms with van der Waals surface area (Å²) in [6.45, 7) is 5.14. The third-order valence-corrected chi connectivity index (χ3v) is 6.26. The van der Waals surface area contributed by atoms with Crippen LogP contribution in [0.5, 0.6) is 0 Å². The molecule has 0 radical (unpaired) electrons. The predicted molar refractivity (Wildman–Crippen MR) is 86.3 cm³/mol.